The van der Waals surface area contributed by atoms with Crippen LogP contribution in [0.5, 0.6) is 5.75 Å². The van der Waals surface area contributed by atoms with Crippen molar-refractivity contribution in [2.24, 2.45) is 5.10 Å². The van der Waals surface area contributed by atoms with Gasteiger partial charge in [-0.05, 0) is 93.8 Å². The number of para-hydroxylation sites is 1. The van der Waals surface area contributed by atoms with Crippen LogP contribution in [0.4, 0.5) is 18.9 Å². The number of alkyl halides is 3. The first-order valence-electron chi connectivity index (χ1n) is 13.4. The summed E-state index contributed by atoms with van der Waals surface area (Å²) >= 11 is 1.47. The fourth-order valence-electron chi connectivity index (χ4n) is 4.60. The summed E-state index contributed by atoms with van der Waals surface area (Å²) in [7, 11) is -4.16. The highest BCUT2D eigenvalue weighted by Crippen LogP contribution is 2.35. The number of aromatic nitrogens is 1. The predicted molar refractivity (Wildman–Crippen MR) is 166 cm³/mol. The third-order valence-corrected chi connectivity index (χ3v) is 9.22. The summed E-state index contributed by atoms with van der Waals surface area (Å²) in [5.41, 5.74) is 3.27. The molecule has 4 rings (SSSR count). The highest BCUT2D eigenvalue weighted by Gasteiger charge is 2.34. The van der Waals surface area contributed by atoms with Crippen LogP contribution >= 0.6 is 11.8 Å². The molecule has 0 atom stereocenters. The molecule has 0 saturated heterocycles. The summed E-state index contributed by atoms with van der Waals surface area (Å²) in [6, 6.07) is 19.5. The van der Waals surface area contributed by atoms with E-state index in [1.54, 1.807) is 56.3 Å². The SMILES string of the molecule is CCOc1ccc(N(CC(=O)N/N=C\c2cc(C)n(-c3ccccc3C(F)(F)F)c2C)S(=O)(=O)c2ccc(SC)cc2)cc1. The first kappa shape index (κ1) is 32.7. The number of hydrogen-bond donors (Lipinski definition) is 1. The second-order valence-corrected chi connectivity index (χ2v) is 12.3. The molecule has 0 aliphatic carbocycles. The Morgan fingerprint density at radius 1 is 1.05 bits per heavy atom. The Balaban J connectivity index is 1.58. The lowest BCUT2D eigenvalue weighted by atomic mass is 10.1. The van der Waals surface area contributed by atoms with Crippen molar-refractivity contribution >= 4 is 39.6 Å². The van der Waals surface area contributed by atoms with Gasteiger partial charge in [-0.25, -0.2) is 13.8 Å². The minimum Gasteiger partial charge on any atom is -0.494 e. The van der Waals surface area contributed by atoms with E-state index in [0.29, 0.717) is 29.3 Å². The van der Waals surface area contributed by atoms with Crippen molar-refractivity contribution in [3.63, 3.8) is 0 Å². The Morgan fingerprint density at radius 2 is 1.70 bits per heavy atom. The number of halogens is 3. The van der Waals surface area contributed by atoms with Gasteiger partial charge in [-0.2, -0.15) is 18.3 Å². The maximum absolute atomic E-state index is 13.7. The van der Waals surface area contributed by atoms with Crippen molar-refractivity contribution in [2.45, 2.75) is 36.7 Å². The van der Waals surface area contributed by atoms with E-state index in [1.807, 2.05) is 13.2 Å². The minimum absolute atomic E-state index is 0.00654. The number of anilines is 1. The maximum atomic E-state index is 13.7. The topological polar surface area (TPSA) is 93.0 Å². The number of sulfonamides is 1. The van der Waals surface area contributed by atoms with E-state index in [-0.39, 0.29) is 16.3 Å². The molecule has 0 fully saturated rings. The molecular weight excluding hydrogens is 613 g/mol. The van der Waals surface area contributed by atoms with Crippen LogP contribution in [0.25, 0.3) is 5.69 Å². The van der Waals surface area contributed by atoms with Crippen LogP contribution < -0.4 is 14.5 Å². The van der Waals surface area contributed by atoms with Crippen molar-refractivity contribution in [1.29, 1.82) is 0 Å². The molecule has 0 saturated carbocycles. The molecule has 0 aliphatic rings. The number of rotatable bonds is 11. The molecular formula is C31H31F3N4O4S2. The van der Waals surface area contributed by atoms with Gasteiger partial charge in [0.2, 0.25) is 0 Å². The quantitative estimate of drug-likeness (QED) is 0.113. The monoisotopic (exact) mass is 644 g/mol. The molecule has 0 aliphatic heterocycles. The number of thioether (sulfide) groups is 1. The van der Waals surface area contributed by atoms with Crippen LogP contribution in [-0.2, 0) is 21.0 Å². The number of amides is 1. The zero-order chi connectivity index (χ0) is 32.1. The van der Waals surface area contributed by atoms with E-state index in [2.05, 4.69) is 10.5 Å². The van der Waals surface area contributed by atoms with E-state index in [1.165, 1.54) is 52.9 Å². The minimum atomic E-state index is -4.55. The lowest BCUT2D eigenvalue weighted by molar-refractivity contribution is -0.137. The Labute approximate surface area is 258 Å². The Morgan fingerprint density at radius 3 is 2.32 bits per heavy atom. The fourth-order valence-corrected chi connectivity index (χ4v) is 6.43. The van der Waals surface area contributed by atoms with Gasteiger partial charge in [0.25, 0.3) is 15.9 Å². The Hall–Kier alpha value is -4.23. The molecule has 4 aromatic rings. The molecule has 1 heterocycles. The molecule has 1 N–H and O–H groups in total. The number of benzene rings is 3. The van der Waals surface area contributed by atoms with E-state index in [9.17, 15) is 26.4 Å². The van der Waals surface area contributed by atoms with Crippen LogP contribution in [0, 0.1) is 13.8 Å². The van der Waals surface area contributed by atoms with Gasteiger partial charge in [0, 0.05) is 21.8 Å². The first-order chi connectivity index (χ1) is 20.9. The molecule has 0 radical (unpaired) electrons. The Kier molecular flexibility index (Phi) is 10.1. The summed E-state index contributed by atoms with van der Waals surface area (Å²) in [4.78, 5) is 13.9. The number of nitrogens with zero attached hydrogens (tertiary/aromatic N) is 3. The number of aryl methyl sites for hydroxylation is 1. The number of hydrogen-bond acceptors (Lipinski definition) is 6. The third-order valence-electron chi connectivity index (χ3n) is 6.68. The number of carbonyl (C=O) groups excluding carboxylic acids is 1. The molecule has 0 unspecified atom stereocenters. The average Bonchev–Trinajstić information content (AvgIpc) is 3.28. The summed E-state index contributed by atoms with van der Waals surface area (Å²) < 4.78 is 76.2. The van der Waals surface area contributed by atoms with Crippen LogP contribution in [0.1, 0.15) is 29.4 Å². The summed E-state index contributed by atoms with van der Waals surface area (Å²) in [5, 5.41) is 3.98. The Bertz CT molecular complexity index is 1750. The highest BCUT2D eigenvalue weighted by molar-refractivity contribution is 7.98. The van der Waals surface area contributed by atoms with Gasteiger partial charge in [0.15, 0.2) is 0 Å². The van der Waals surface area contributed by atoms with Gasteiger partial charge in [0.1, 0.15) is 12.3 Å². The number of ether oxygens (including phenoxy) is 1. The molecule has 0 bridgehead atoms. The molecule has 1 aromatic heterocycles. The van der Waals surface area contributed by atoms with Gasteiger partial charge in [-0.3, -0.25) is 9.10 Å². The van der Waals surface area contributed by atoms with Crippen molar-refractivity contribution in [1.82, 2.24) is 9.99 Å². The maximum Gasteiger partial charge on any atom is 0.418 e. The molecule has 232 valence electrons. The summed E-state index contributed by atoms with van der Waals surface area (Å²) in [6.45, 7) is 4.98. The second kappa shape index (κ2) is 13.6. The molecule has 44 heavy (non-hydrogen) atoms. The smallest absolute Gasteiger partial charge is 0.418 e. The summed E-state index contributed by atoms with van der Waals surface area (Å²) in [6.07, 6.45) is -1.36. The number of carbonyl (C=O) groups is 1. The van der Waals surface area contributed by atoms with Crippen molar-refractivity contribution in [2.75, 3.05) is 23.7 Å². The van der Waals surface area contributed by atoms with Crippen molar-refractivity contribution in [3.8, 4) is 11.4 Å². The molecule has 3 aromatic carbocycles. The van der Waals surface area contributed by atoms with Crippen LogP contribution in [0.3, 0.4) is 0 Å². The van der Waals surface area contributed by atoms with Gasteiger partial charge in [0.05, 0.1) is 34.7 Å². The van der Waals surface area contributed by atoms with E-state index < -0.39 is 34.2 Å². The van der Waals surface area contributed by atoms with Crippen LogP contribution in [0.15, 0.2) is 93.8 Å². The van der Waals surface area contributed by atoms with Crippen molar-refractivity contribution in [3.05, 3.63) is 101 Å². The zero-order valence-corrected chi connectivity index (χ0v) is 26.1. The normalized spacial score (nSPS) is 12.0. The van der Waals surface area contributed by atoms with Crippen LogP contribution in [-0.4, -0.2) is 44.5 Å². The lowest BCUT2D eigenvalue weighted by Gasteiger charge is -2.24. The van der Waals surface area contributed by atoms with E-state index in [4.69, 9.17) is 4.74 Å². The van der Waals surface area contributed by atoms with E-state index >= 15 is 0 Å². The second-order valence-electron chi connectivity index (χ2n) is 9.58. The van der Waals surface area contributed by atoms with Gasteiger partial charge >= 0.3 is 6.18 Å². The highest BCUT2D eigenvalue weighted by atomic mass is 32.2. The lowest BCUT2D eigenvalue weighted by Crippen LogP contribution is -2.39. The summed E-state index contributed by atoms with van der Waals surface area (Å²) in [5.74, 6) is -0.182. The van der Waals surface area contributed by atoms with Crippen LogP contribution in [0.2, 0.25) is 0 Å². The number of hydrazone groups is 1. The molecule has 13 heteroatoms. The van der Waals surface area contributed by atoms with Gasteiger partial charge < -0.3 is 9.30 Å². The average molecular weight is 645 g/mol. The predicted octanol–water partition coefficient (Wildman–Crippen LogP) is 6.58. The van der Waals surface area contributed by atoms with Gasteiger partial charge in [-0.1, -0.05) is 12.1 Å². The molecule has 8 nitrogen and oxygen atoms in total. The van der Waals surface area contributed by atoms with E-state index in [0.717, 1.165) is 15.3 Å². The van der Waals surface area contributed by atoms with Crippen molar-refractivity contribution < 1.29 is 31.1 Å². The largest absolute Gasteiger partial charge is 0.494 e. The molecule has 1 amide bonds. The first-order valence-corrected chi connectivity index (χ1v) is 16.1. The standard InChI is InChI=1S/C31H31F3N4O4S2/c1-5-42-25-12-10-24(11-13-25)37(44(40,41)27-16-14-26(43-4)15-17-27)20-30(39)36-35-19-23-18-21(2)38(22(23)3)29-9-7-6-8-28(29)31(32,33)34/h6-19H,5,20H2,1-4H3,(H,36,39)/b35-19-. The fraction of sp³-hybridized carbons (Fsp3) is 0.226. The third kappa shape index (κ3) is 7.28. The molecule has 0 spiro atoms. The number of nitrogens with one attached hydrogen (secondary N) is 1. The van der Waals surface area contributed by atoms with Gasteiger partial charge in [-0.15, -0.1) is 11.8 Å². The zero-order valence-electron chi connectivity index (χ0n) is 24.4.